The molecule has 1 atom stereocenters. The molecule has 1 aliphatic heterocycles. The van der Waals surface area contributed by atoms with Gasteiger partial charge in [-0.1, -0.05) is 18.2 Å². The van der Waals surface area contributed by atoms with Crippen molar-refractivity contribution in [1.29, 1.82) is 0 Å². The quantitative estimate of drug-likeness (QED) is 0.824. The van der Waals surface area contributed by atoms with Gasteiger partial charge in [0.05, 0.1) is 24.0 Å². The van der Waals surface area contributed by atoms with Gasteiger partial charge in [-0.3, -0.25) is 14.8 Å². The number of nitrogens with one attached hydrogen (secondary N) is 1. The van der Waals surface area contributed by atoms with Gasteiger partial charge < -0.3 is 9.84 Å². The molecule has 126 valence electrons. The number of aromatic hydroxyl groups is 1. The van der Waals surface area contributed by atoms with E-state index in [-0.39, 0.29) is 11.7 Å². The van der Waals surface area contributed by atoms with Crippen molar-refractivity contribution in [3.05, 3.63) is 56.7 Å². The van der Waals surface area contributed by atoms with Crippen LogP contribution in [-0.2, 0) is 4.74 Å². The molecule has 3 rings (SSSR count). The Hall–Kier alpha value is -2.67. The molecule has 1 fully saturated rings. The van der Waals surface area contributed by atoms with Crippen LogP contribution >= 0.6 is 0 Å². The van der Waals surface area contributed by atoms with E-state index in [9.17, 15) is 14.7 Å². The monoisotopic (exact) mass is 329 g/mol. The molecule has 0 aliphatic carbocycles. The average molecular weight is 329 g/mol. The second-order valence-electron chi connectivity index (χ2n) is 5.69. The summed E-state index contributed by atoms with van der Waals surface area (Å²) in [6.07, 6.45) is 1.98. The molecule has 0 spiro atoms. The molecule has 2 aromatic rings. The van der Waals surface area contributed by atoms with Crippen molar-refractivity contribution >= 4 is 5.71 Å². The Kier molecular flexibility index (Phi) is 4.61. The highest BCUT2D eigenvalue weighted by Gasteiger charge is 2.19. The largest absolute Gasteiger partial charge is 0.493 e. The van der Waals surface area contributed by atoms with Crippen molar-refractivity contribution in [2.24, 2.45) is 4.99 Å². The van der Waals surface area contributed by atoms with Crippen LogP contribution in [0, 0.1) is 0 Å². The number of benzene rings is 1. The van der Waals surface area contributed by atoms with E-state index in [4.69, 9.17) is 4.74 Å². The molecule has 0 bridgehead atoms. The number of hydrogen-bond acceptors (Lipinski definition) is 5. The minimum Gasteiger partial charge on any atom is -0.493 e. The van der Waals surface area contributed by atoms with Crippen LogP contribution in [0.3, 0.4) is 0 Å². The molecular weight excluding hydrogens is 310 g/mol. The first-order valence-corrected chi connectivity index (χ1v) is 7.84. The predicted molar refractivity (Wildman–Crippen MR) is 90.4 cm³/mol. The zero-order valence-electron chi connectivity index (χ0n) is 13.4. The minimum atomic E-state index is -0.695. The maximum atomic E-state index is 12.1. The second kappa shape index (κ2) is 6.84. The number of aromatic nitrogens is 2. The fourth-order valence-electron chi connectivity index (χ4n) is 2.77. The summed E-state index contributed by atoms with van der Waals surface area (Å²) in [7, 11) is 0. The number of nitrogens with zero attached hydrogens (tertiary/aromatic N) is 2. The third-order valence-electron chi connectivity index (χ3n) is 4.02. The molecule has 0 radical (unpaired) electrons. The van der Waals surface area contributed by atoms with Crippen LogP contribution in [0.5, 0.6) is 5.88 Å². The van der Waals surface area contributed by atoms with Crippen molar-refractivity contribution in [3.63, 3.8) is 0 Å². The summed E-state index contributed by atoms with van der Waals surface area (Å²) >= 11 is 0. The molecule has 1 aromatic heterocycles. The molecule has 7 nitrogen and oxygen atoms in total. The summed E-state index contributed by atoms with van der Waals surface area (Å²) in [5.41, 5.74) is -0.521. The summed E-state index contributed by atoms with van der Waals surface area (Å²) in [6.45, 7) is 2.79. The number of ether oxygens (including phenoxy) is 1. The third-order valence-corrected chi connectivity index (χ3v) is 4.02. The summed E-state index contributed by atoms with van der Waals surface area (Å²) in [5.74, 6) is -0.413. The average Bonchev–Trinajstić information content (AvgIpc) is 3.07. The smallest absolute Gasteiger partial charge is 0.335 e. The third kappa shape index (κ3) is 3.16. The predicted octanol–water partition coefficient (Wildman–Crippen LogP) is 1.22. The minimum absolute atomic E-state index is 0.00329. The number of aromatic amines is 1. The van der Waals surface area contributed by atoms with Gasteiger partial charge in [-0.15, -0.1) is 0 Å². The van der Waals surface area contributed by atoms with Crippen LogP contribution in [0.25, 0.3) is 5.69 Å². The molecule has 2 heterocycles. The van der Waals surface area contributed by atoms with Gasteiger partial charge >= 0.3 is 5.69 Å². The van der Waals surface area contributed by atoms with Gasteiger partial charge in [0.2, 0.25) is 5.88 Å². The maximum absolute atomic E-state index is 12.1. The van der Waals surface area contributed by atoms with E-state index in [0.29, 0.717) is 17.9 Å². The first kappa shape index (κ1) is 16.2. The number of rotatable bonds is 4. The fourth-order valence-corrected chi connectivity index (χ4v) is 2.77. The highest BCUT2D eigenvalue weighted by molar-refractivity contribution is 6.00. The van der Waals surface area contributed by atoms with E-state index in [2.05, 4.69) is 9.98 Å². The Morgan fingerprint density at radius 2 is 2.12 bits per heavy atom. The Balaban J connectivity index is 2.03. The van der Waals surface area contributed by atoms with Crippen LogP contribution in [0.15, 0.2) is 44.9 Å². The Morgan fingerprint density at radius 1 is 1.38 bits per heavy atom. The van der Waals surface area contributed by atoms with E-state index in [1.807, 2.05) is 0 Å². The van der Waals surface area contributed by atoms with E-state index in [1.165, 1.54) is 0 Å². The fraction of sp³-hybridized carbons (Fsp3) is 0.353. The molecule has 2 N–H and O–H groups in total. The van der Waals surface area contributed by atoms with Gasteiger partial charge in [0.25, 0.3) is 5.56 Å². The molecule has 1 aromatic carbocycles. The Morgan fingerprint density at radius 3 is 2.79 bits per heavy atom. The normalized spacial score (nSPS) is 18.0. The van der Waals surface area contributed by atoms with Crippen molar-refractivity contribution in [3.8, 4) is 11.6 Å². The summed E-state index contributed by atoms with van der Waals surface area (Å²) in [5, 5.41) is 10.5. The SMILES string of the molecule is CC(=NC[C@@H]1CCCO1)c1c(O)n(-c2ccccc2)c(=O)[nH]c1=O. The van der Waals surface area contributed by atoms with Crippen LogP contribution in [-0.4, -0.2) is 39.6 Å². The van der Waals surface area contributed by atoms with Crippen molar-refractivity contribution in [1.82, 2.24) is 9.55 Å². The maximum Gasteiger partial charge on any atom is 0.335 e. The molecule has 0 unspecified atom stereocenters. The highest BCUT2D eigenvalue weighted by atomic mass is 16.5. The van der Waals surface area contributed by atoms with Crippen LogP contribution < -0.4 is 11.2 Å². The lowest BCUT2D eigenvalue weighted by Gasteiger charge is -2.12. The summed E-state index contributed by atoms with van der Waals surface area (Å²) in [4.78, 5) is 30.8. The molecule has 0 amide bonds. The van der Waals surface area contributed by atoms with Crippen molar-refractivity contribution < 1.29 is 9.84 Å². The van der Waals surface area contributed by atoms with Gasteiger partial charge in [0.1, 0.15) is 5.56 Å². The van der Waals surface area contributed by atoms with Crippen LogP contribution in [0.1, 0.15) is 25.3 Å². The van der Waals surface area contributed by atoms with E-state index >= 15 is 0 Å². The molecule has 1 saturated heterocycles. The molecule has 1 aliphatic rings. The lowest BCUT2D eigenvalue weighted by molar-refractivity contribution is 0.118. The Bertz CT molecular complexity index is 862. The van der Waals surface area contributed by atoms with Crippen molar-refractivity contribution in [2.45, 2.75) is 25.9 Å². The molecular formula is C17H19N3O4. The summed E-state index contributed by atoms with van der Waals surface area (Å²) < 4.78 is 6.56. The van der Waals surface area contributed by atoms with Crippen LogP contribution in [0.4, 0.5) is 0 Å². The van der Waals surface area contributed by atoms with Crippen LogP contribution in [0.2, 0.25) is 0 Å². The zero-order valence-corrected chi connectivity index (χ0v) is 13.4. The van der Waals surface area contributed by atoms with Gasteiger partial charge in [-0.25, -0.2) is 9.36 Å². The number of hydrogen-bond donors (Lipinski definition) is 2. The second-order valence-corrected chi connectivity index (χ2v) is 5.69. The van der Waals surface area contributed by atoms with E-state index in [1.54, 1.807) is 37.3 Å². The van der Waals surface area contributed by atoms with Gasteiger partial charge in [-0.2, -0.15) is 0 Å². The summed E-state index contributed by atoms with van der Waals surface area (Å²) in [6, 6.07) is 8.62. The molecule has 24 heavy (non-hydrogen) atoms. The van der Waals surface area contributed by atoms with E-state index in [0.717, 1.165) is 24.0 Å². The molecule has 7 heteroatoms. The number of para-hydroxylation sites is 1. The first-order chi connectivity index (χ1) is 11.6. The lowest BCUT2D eigenvalue weighted by Crippen LogP contribution is -2.33. The Labute approximate surface area is 138 Å². The topological polar surface area (TPSA) is 96.7 Å². The number of aliphatic imine (C=N–C) groups is 1. The lowest BCUT2D eigenvalue weighted by atomic mass is 10.2. The highest BCUT2D eigenvalue weighted by Crippen LogP contribution is 2.17. The van der Waals surface area contributed by atoms with Crippen molar-refractivity contribution in [2.75, 3.05) is 13.2 Å². The number of H-pyrrole nitrogens is 1. The standard InChI is InChI=1S/C17H19N3O4/c1-11(18-10-13-8-5-9-24-13)14-15(21)19-17(23)20(16(14)22)12-6-3-2-4-7-12/h2-4,6-7,13,22H,5,8-10H2,1H3,(H,19,21,23)/t13-/m0/s1. The van der Waals surface area contributed by atoms with Gasteiger partial charge in [-0.05, 0) is 31.9 Å². The van der Waals surface area contributed by atoms with E-state index < -0.39 is 17.1 Å². The van der Waals surface area contributed by atoms with Gasteiger partial charge in [0.15, 0.2) is 0 Å². The van der Waals surface area contributed by atoms with Gasteiger partial charge in [0, 0.05) is 6.61 Å². The molecule has 0 saturated carbocycles. The zero-order chi connectivity index (χ0) is 17.1. The first-order valence-electron chi connectivity index (χ1n) is 7.84.